The van der Waals surface area contributed by atoms with Gasteiger partial charge in [0.1, 0.15) is 5.82 Å². The molecule has 3 aromatic rings. The van der Waals surface area contributed by atoms with Crippen molar-refractivity contribution in [2.45, 2.75) is 13.8 Å². The number of hydrogen-bond acceptors (Lipinski definition) is 6. The largest absolute Gasteiger partial charge is 0.372 e. The van der Waals surface area contributed by atoms with Crippen LogP contribution in [0.4, 0.5) is 33.2 Å². The highest BCUT2D eigenvalue weighted by Crippen LogP contribution is 2.21. The summed E-state index contributed by atoms with van der Waals surface area (Å²) in [5, 5.41) is 13.9. The Hall–Kier alpha value is -3.22. The smallest absolute Gasteiger partial charge is 0.249 e. The molecule has 26 heavy (non-hydrogen) atoms. The normalized spacial score (nSPS) is 10.4. The lowest BCUT2D eigenvalue weighted by Crippen LogP contribution is -2.21. The molecule has 6 nitrogen and oxygen atoms in total. The lowest BCUT2D eigenvalue weighted by molar-refractivity contribution is 0.632. The van der Waals surface area contributed by atoms with E-state index in [1.54, 1.807) is 18.2 Å². The minimum atomic E-state index is -0.354. The van der Waals surface area contributed by atoms with Crippen molar-refractivity contribution in [3.05, 3.63) is 60.5 Å². The number of aromatic nitrogens is 3. The molecule has 0 amide bonds. The maximum atomic E-state index is 13.7. The molecule has 7 heteroatoms. The predicted molar refractivity (Wildman–Crippen MR) is 103 cm³/mol. The number of hydrogen-bond donors (Lipinski definition) is 2. The summed E-state index contributed by atoms with van der Waals surface area (Å²) in [6, 6.07) is 14.4. The summed E-state index contributed by atoms with van der Waals surface area (Å²) in [5.41, 5.74) is 2.35. The van der Waals surface area contributed by atoms with Gasteiger partial charge in [0, 0.05) is 24.5 Å². The van der Waals surface area contributed by atoms with Gasteiger partial charge in [0.15, 0.2) is 5.82 Å². The fraction of sp³-hybridized carbons (Fsp3) is 0.211. The first-order valence-electron chi connectivity index (χ1n) is 8.53. The van der Waals surface area contributed by atoms with Crippen LogP contribution >= 0.6 is 0 Å². The number of nitrogens with zero attached hydrogens (tertiary/aromatic N) is 4. The third kappa shape index (κ3) is 4.24. The maximum absolute atomic E-state index is 13.7. The number of para-hydroxylation sites is 1. The Morgan fingerprint density at radius 3 is 2.38 bits per heavy atom. The highest BCUT2D eigenvalue weighted by Gasteiger charge is 2.06. The molecule has 2 N–H and O–H groups in total. The lowest BCUT2D eigenvalue weighted by atomic mass is 10.2. The van der Waals surface area contributed by atoms with Gasteiger partial charge in [-0.15, -0.1) is 5.10 Å². The average Bonchev–Trinajstić information content (AvgIpc) is 2.66. The van der Waals surface area contributed by atoms with Crippen LogP contribution in [-0.2, 0) is 0 Å². The van der Waals surface area contributed by atoms with Gasteiger partial charge in [-0.2, -0.15) is 10.1 Å². The fourth-order valence-corrected chi connectivity index (χ4v) is 2.59. The third-order valence-electron chi connectivity index (χ3n) is 3.95. The van der Waals surface area contributed by atoms with Gasteiger partial charge < -0.3 is 15.5 Å². The molecule has 0 aliphatic heterocycles. The zero-order valence-corrected chi connectivity index (χ0v) is 14.8. The van der Waals surface area contributed by atoms with Crippen LogP contribution < -0.4 is 15.5 Å². The van der Waals surface area contributed by atoms with E-state index in [9.17, 15) is 4.39 Å². The van der Waals surface area contributed by atoms with Gasteiger partial charge in [0.2, 0.25) is 5.95 Å². The first-order valence-corrected chi connectivity index (χ1v) is 8.53. The summed E-state index contributed by atoms with van der Waals surface area (Å²) in [5.74, 6) is 0.391. The Bertz CT molecular complexity index is 849. The second-order valence-corrected chi connectivity index (χ2v) is 5.61. The Balaban J connectivity index is 1.72. The number of nitrogens with one attached hydrogen (secondary N) is 2. The number of halogens is 1. The van der Waals surface area contributed by atoms with Crippen molar-refractivity contribution < 1.29 is 4.39 Å². The van der Waals surface area contributed by atoms with Crippen LogP contribution in [0, 0.1) is 5.82 Å². The molecule has 0 bridgehead atoms. The summed E-state index contributed by atoms with van der Waals surface area (Å²) in [4.78, 5) is 6.59. The number of benzene rings is 2. The van der Waals surface area contributed by atoms with E-state index in [0.717, 1.165) is 24.5 Å². The monoisotopic (exact) mass is 352 g/mol. The maximum Gasteiger partial charge on any atom is 0.249 e. The molecule has 1 heterocycles. The Morgan fingerprint density at radius 1 is 0.962 bits per heavy atom. The first kappa shape index (κ1) is 17.6. The average molecular weight is 352 g/mol. The van der Waals surface area contributed by atoms with Crippen LogP contribution in [0.15, 0.2) is 54.7 Å². The zero-order chi connectivity index (χ0) is 18.4. The van der Waals surface area contributed by atoms with E-state index in [2.05, 4.69) is 44.6 Å². The second kappa shape index (κ2) is 8.24. The summed E-state index contributed by atoms with van der Waals surface area (Å²) in [7, 11) is 0. The van der Waals surface area contributed by atoms with Crippen LogP contribution in [0.3, 0.4) is 0 Å². The van der Waals surface area contributed by atoms with E-state index in [4.69, 9.17) is 0 Å². The minimum absolute atomic E-state index is 0.335. The van der Waals surface area contributed by atoms with Crippen LogP contribution in [0.1, 0.15) is 13.8 Å². The molecule has 0 saturated carbocycles. The van der Waals surface area contributed by atoms with Gasteiger partial charge in [-0.05, 0) is 50.2 Å². The van der Waals surface area contributed by atoms with Gasteiger partial charge in [-0.3, -0.25) is 0 Å². The summed E-state index contributed by atoms with van der Waals surface area (Å²) in [6.07, 6.45) is 1.45. The summed E-state index contributed by atoms with van der Waals surface area (Å²) < 4.78 is 13.7. The molecule has 134 valence electrons. The molecule has 0 aliphatic carbocycles. The zero-order valence-electron chi connectivity index (χ0n) is 14.8. The Labute approximate surface area is 152 Å². The fourth-order valence-electron chi connectivity index (χ4n) is 2.59. The number of anilines is 5. The molecule has 0 atom stereocenters. The standard InChI is InChI=1S/C19H21FN6/c1-3-26(4-2)15-11-9-14(10-12-15)22-19-24-18(13-21-25-19)23-17-8-6-5-7-16(17)20/h5-13H,3-4H2,1-2H3,(H2,22,23,24,25). The molecule has 3 rings (SSSR count). The molecule has 0 aliphatic rings. The second-order valence-electron chi connectivity index (χ2n) is 5.61. The molecule has 0 spiro atoms. The van der Waals surface area contributed by atoms with Crippen LogP contribution in [0.2, 0.25) is 0 Å². The van der Waals surface area contributed by atoms with Crippen LogP contribution in [0.25, 0.3) is 0 Å². The third-order valence-corrected chi connectivity index (χ3v) is 3.95. The highest BCUT2D eigenvalue weighted by atomic mass is 19.1. The van der Waals surface area contributed by atoms with Crippen molar-refractivity contribution in [3.63, 3.8) is 0 Å². The van der Waals surface area contributed by atoms with E-state index in [0.29, 0.717) is 17.5 Å². The van der Waals surface area contributed by atoms with Gasteiger partial charge in [0.05, 0.1) is 11.9 Å². The highest BCUT2D eigenvalue weighted by molar-refractivity contribution is 5.61. The Kier molecular flexibility index (Phi) is 5.58. The van der Waals surface area contributed by atoms with Gasteiger partial charge in [0.25, 0.3) is 0 Å². The number of rotatable bonds is 7. The van der Waals surface area contributed by atoms with E-state index >= 15 is 0 Å². The van der Waals surface area contributed by atoms with Crippen molar-refractivity contribution in [1.82, 2.24) is 15.2 Å². The molecule has 1 aromatic heterocycles. The minimum Gasteiger partial charge on any atom is -0.372 e. The molecule has 0 unspecified atom stereocenters. The topological polar surface area (TPSA) is 66.0 Å². The molecular formula is C19H21FN6. The quantitative estimate of drug-likeness (QED) is 0.659. The van der Waals surface area contributed by atoms with Gasteiger partial charge in [-0.25, -0.2) is 4.39 Å². The lowest BCUT2D eigenvalue weighted by Gasteiger charge is -2.21. The van der Waals surface area contributed by atoms with Crippen molar-refractivity contribution in [1.29, 1.82) is 0 Å². The first-order chi connectivity index (χ1) is 12.7. The van der Waals surface area contributed by atoms with Crippen LogP contribution in [-0.4, -0.2) is 28.3 Å². The van der Waals surface area contributed by atoms with Crippen molar-refractivity contribution in [2.75, 3.05) is 28.6 Å². The van der Waals surface area contributed by atoms with Gasteiger partial charge >= 0.3 is 0 Å². The summed E-state index contributed by atoms with van der Waals surface area (Å²) in [6.45, 7) is 6.17. The predicted octanol–water partition coefficient (Wildman–Crippen LogP) is 4.34. The molecular weight excluding hydrogens is 331 g/mol. The van der Waals surface area contributed by atoms with Crippen LogP contribution in [0.5, 0.6) is 0 Å². The molecule has 0 radical (unpaired) electrons. The van der Waals surface area contributed by atoms with E-state index in [1.165, 1.54) is 12.3 Å². The molecule has 0 saturated heterocycles. The summed E-state index contributed by atoms with van der Waals surface area (Å²) >= 11 is 0. The molecule has 0 fully saturated rings. The van der Waals surface area contributed by atoms with E-state index in [1.807, 2.05) is 24.3 Å². The van der Waals surface area contributed by atoms with Crippen molar-refractivity contribution >= 4 is 28.8 Å². The molecule has 2 aromatic carbocycles. The van der Waals surface area contributed by atoms with E-state index < -0.39 is 0 Å². The SMILES string of the molecule is CCN(CC)c1ccc(Nc2nncc(Nc3ccccc3F)n2)cc1. The Morgan fingerprint density at radius 2 is 1.69 bits per heavy atom. The van der Waals surface area contributed by atoms with Crippen molar-refractivity contribution in [2.24, 2.45) is 0 Å². The van der Waals surface area contributed by atoms with E-state index in [-0.39, 0.29) is 5.82 Å². The van der Waals surface area contributed by atoms with Gasteiger partial charge in [-0.1, -0.05) is 12.1 Å². The van der Waals surface area contributed by atoms with Crippen molar-refractivity contribution in [3.8, 4) is 0 Å².